The number of hydrogen-bond acceptors (Lipinski definition) is 2. The first-order valence-corrected chi connectivity index (χ1v) is 5.17. The van der Waals surface area contributed by atoms with Gasteiger partial charge in [0.2, 0.25) is 0 Å². The lowest BCUT2D eigenvalue weighted by atomic mass is 9.91. The summed E-state index contributed by atoms with van der Waals surface area (Å²) in [6.07, 6.45) is 1.81. The quantitative estimate of drug-likeness (QED) is 0.812. The molecule has 1 aromatic rings. The van der Waals surface area contributed by atoms with Crippen LogP contribution in [0.2, 0.25) is 5.02 Å². The van der Waals surface area contributed by atoms with Crippen LogP contribution in [-0.4, -0.2) is 18.8 Å². The normalized spacial score (nSPS) is 26.7. The minimum atomic E-state index is -0.173. The van der Waals surface area contributed by atoms with Gasteiger partial charge in [-0.1, -0.05) is 23.7 Å². The van der Waals surface area contributed by atoms with Gasteiger partial charge in [0, 0.05) is 17.2 Å². The zero-order valence-electron chi connectivity index (χ0n) is 8.00. The van der Waals surface area contributed by atoms with Gasteiger partial charge in [-0.2, -0.15) is 0 Å². The van der Waals surface area contributed by atoms with Crippen molar-refractivity contribution in [3.8, 4) is 0 Å². The van der Waals surface area contributed by atoms with E-state index < -0.39 is 0 Å². The monoisotopic (exact) mass is 211 g/mol. The zero-order valence-corrected chi connectivity index (χ0v) is 8.76. The van der Waals surface area contributed by atoms with Crippen molar-refractivity contribution >= 4 is 11.6 Å². The van der Waals surface area contributed by atoms with E-state index in [2.05, 4.69) is 0 Å². The highest BCUT2D eigenvalue weighted by Gasteiger charge is 2.30. The van der Waals surface area contributed by atoms with Gasteiger partial charge in [-0.05, 0) is 30.5 Å². The summed E-state index contributed by atoms with van der Waals surface area (Å²) in [6.45, 7) is 1.44. The van der Waals surface area contributed by atoms with Gasteiger partial charge < -0.3 is 10.5 Å². The topological polar surface area (TPSA) is 35.2 Å². The SMILES string of the molecule is N[C@@]1(Cc2ccc(Cl)cc2)CCOC1. The molecule has 76 valence electrons. The third-order valence-electron chi connectivity index (χ3n) is 2.60. The summed E-state index contributed by atoms with van der Waals surface area (Å²) < 4.78 is 5.30. The molecule has 2 rings (SSSR count). The van der Waals surface area contributed by atoms with E-state index in [4.69, 9.17) is 22.1 Å². The average Bonchev–Trinajstić information content (AvgIpc) is 2.57. The molecule has 1 atom stereocenters. The second-order valence-electron chi connectivity index (χ2n) is 3.97. The van der Waals surface area contributed by atoms with E-state index in [-0.39, 0.29) is 5.54 Å². The van der Waals surface area contributed by atoms with Crippen molar-refractivity contribution in [2.45, 2.75) is 18.4 Å². The minimum absolute atomic E-state index is 0.173. The van der Waals surface area contributed by atoms with Crippen LogP contribution >= 0.6 is 11.6 Å². The molecule has 1 aliphatic heterocycles. The standard InChI is InChI=1S/C11H14ClNO/c12-10-3-1-9(2-4-10)7-11(13)5-6-14-8-11/h1-4H,5-8,13H2/t11-/m1/s1. The third-order valence-corrected chi connectivity index (χ3v) is 2.86. The van der Waals surface area contributed by atoms with Crippen molar-refractivity contribution in [1.82, 2.24) is 0 Å². The van der Waals surface area contributed by atoms with Gasteiger partial charge in [-0.25, -0.2) is 0 Å². The molecule has 3 heteroatoms. The Labute approximate surface area is 89.0 Å². The molecule has 0 aliphatic carbocycles. The van der Waals surface area contributed by atoms with Crippen molar-refractivity contribution in [2.75, 3.05) is 13.2 Å². The molecule has 0 radical (unpaired) electrons. The predicted octanol–water partition coefficient (Wildman–Crippen LogP) is 2.00. The first kappa shape index (κ1) is 9.97. The summed E-state index contributed by atoms with van der Waals surface area (Å²) in [5.74, 6) is 0. The summed E-state index contributed by atoms with van der Waals surface area (Å²) >= 11 is 5.81. The largest absolute Gasteiger partial charge is 0.379 e. The molecule has 0 amide bonds. The van der Waals surface area contributed by atoms with Gasteiger partial charge in [0.1, 0.15) is 0 Å². The molecule has 0 saturated carbocycles. The smallest absolute Gasteiger partial charge is 0.0650 e. The summed E-state index contributed by atoms with van der Waals surface area (Å²) in [5, 5.41) is 0.766. The van der Waals surface area contributed by atoms with E-state index >= 15 is 0 Å². The molecule has 1 fully saturated rings. The fourth-order valence-corrected chi connectivity index (χ4v) is 1.90. The summed E-state index contributed by atoms with van der Waals surface area (Å²) in [7, 11) is 0. The van der Waals surface area contributed by atoms with Gasteiger partial charge in [0.25, 0.3) is 0 Å². The van der Waals surface area contributed by atoms with Gasteiger partial charge in [0.15, 0.2) is 0 Å². The van der Waals surface area contributed by atoms with Crippen LogP contribution in [-0.2, 0) is 11.2 Å². The molecule has 1 aliphatic rings. The van der Waals surface area contributed by atoms with Gasteiger partial charge in [-0.15, -0.1) is 0 Å². The number of hydrogen-bond donors (Lipinski definition) is 1. The van der Waals surface area contributed by atoms with E-state index in [9.17, 15) is 0 Å². The van der Waals surface area contributed by atoms with Crippen molar-refractivity contribution in [3.63, 3.8) is 0 Å². The Morgan fingerprint density at radius 2 is 2.07 bits per heavy atom. The van der Waals surface area contributed by atoms with Crippen LogP contribution in [0.4, 0.5) is 0 Å². The molecule has 14 heavy (non-hydrogen) atoms. The molecule has 1 saturated heterocycles. The van der Waals surface area contributed by atoms with Gasteiger partial charge in [-0.3, -0.25) is 0 Å². The van der Waals surface area contributed by atoms with E-state index in [1.807, 2.05) is 24.3 Å². The fourth-order valence-electron chi connectivity index (χ4n) is 1.77. The van der Waals surface area contributed by atoms with Crippen molar-refractivity contribution in [1.29, 1.82) is 0 Å². The number of ether oxygens (including phenoxy) is 1. The Hall–Kier alpha value is -0.570. The second kappa shape index (κ2) is 3.89. The maximum absolute atomic E-state index is 6.17. The van der Waals surface area contributed by atoms with E-state index in [1.165, 1.54) is 5.56 Å². The number of halogens is 1. The van der Waals surface area contributed by atoms with Gasteiger partial charge in [0.05, 0.1) is 6.61 Å². The summed E-state index contributed by atoms with van der Waals surface area (Å²) in [4.78, 5) is 0. The third kappa shape index (κ3) is 2.27. The number of rotatable bonds is 2. The molecule has 1 heterocycles. The Balaban J connectivity index is 2.06. The van der Waals surface area contributed by atoms with Crippen LogP contribution in [0.15, 0.2) is 24.3 Å². The Kier molecular flexibility index (Phi) is 2.77. The first-order chi connectivity index (χ1) is 6.68. The molecule has 1 aromatic carbocycles. The highest BCUT2D eigenvalue weighted by Crippen LogP contribution is 2.21. The fraction of sp³-hybridized carbons (Fsp3) is 0.455. The lowest BCUT2D eigenvalue weighted by Gasteiger charge is -2.21. The average molecular weight is 212 g/mol. The lowest BCUT2D eigenvalue weighted by Crippen LogP contribution is -2.42. The van der Waals surface area contributed by atoms with Crippen LogP contribution < -0.4 is 5.73 Å². The van der Waals surface area contributed by atoms with Crippen LogP contribution in [0.25, 0.3) is 0 Å². The zero-order chi connectivity index (χ0) is 10.0. The maximum atomic E-state index is 6.17. The summed E-state index contributed by atoms with van der Waals surface area (Å²) in [5.41, 5.74) is 7.22. The van der Waals surface area contributed by atoms with Gasteiger partial charge >= 0.3 is 0 Å². The molecular formula is C11H14ClNO. The van der Waals surface area contributed by atoms with Crippen LogP contribution in [0.5, 0.6) is 0 Å². The molecular weight excluding hydrogens is 198 g/mol. The van der Waals surface area contributed by atoms with E-state index in [0.717, 1.165) is 24.5 Å². The van der Waals surface area contributed by atoms with Crippen molar-refractivity contribution in [3.05, 3.63) is 34.9 Å². The van der Waals surface area contributed by atoms with Crippen LogP contribution in [0.1, 0.15) is 12.0 Å². The maximum Gasteiger partial charge on any atom is 0.0650 e. The Morgan fingerprint density at radius 1 is 1.36 bits per heavy atom. The Morgan fingerprint density at radius 3 is 2.64 bits per heavy atom. The highest BCUT2D eigenvalue weighted by molar-refractivity contribution is 6.30. The van der Waals surface area contributed by atoms with Crippen molar-refractivity contribution < 1.29 is 4.74 Å². The summed E-state index contributed by atoms with van der Waals surface area (Å²) in [6, 6.07) is 7.84. The molecule has 0 spiro atoms. The highest BCUT2D eigenvalue weighted by atomic mass is 35.5. The second-order valence-corrected chi connectivity index (χ2v) is 4.40. The number of nitrogens with two attached hydrogens (primary N) is 1. The van der Waals surface area contributed by atoms with E-state index in [0.29, 0.717) is 6.61 Å². The molecule has 2 nitrogen and oxygen atoms in total. The lowest BCUT2D eigenvalue weighted by molar-refractivity contribution is 0.178. The minimum Gasteiger partial charge on any atom is -0.379 e. The molecule has 0 aromatic heterocycles. The first-order valence-electron chi connectivity index (χ1n) is 4.79. The van der Waals surface area contributed by atoms with Crippen molar-refractivity contribution in [2.24, 2.45) is 5.73 Å². The molecule has 2 N–H and O–H groups in total. The van der Waals surface area contributed by atoms with E-state index in [1.54, 1.807) is 0 Å². The Bertz CT molecular complexity index is 304. The van der Waals surface area contributed by atoms with Crippen LogP contribution in [0.3, 0.4) is 0 Å². The predicted molar refractivity (Wildman–Crippen MR) is 57.5 cm³/mol. The molecule has 0 unspecified atom stereocenters. The molecule has 0 bridgehead atoms. The number of benzene rings is 1. The van der Waals surface area contributed by atoms with Crippen LogP contribution in [0, 0.1) is 0 Å².